The second kappa shape index (κ2) is 6.04. The van der Waals surface area contributed by atoms with E-state index in [9.17, 15) is 4.79 Å². The largest absolute Gasteiger partial charge is 0.446 e. The molecule has 20 heavy (non-hydrogen) atoms. The number of nitrogens with zero attached hydrogens (tertiary/aromatic N) is 3. The zero-order valence-electron chi connectivity index (χ0n) is 11.0. The van der Waals surface area contributed by atoms with Gasteiger partial charge in [0.15, 0.2) is 0 Å². The van der Waals surface area contributed by atoms with E-state index in [2.05, 4.69) is 15.6 Å². The van der Waals surface area contributed by atoms with Crippen molar-refractivity contribution in [3.63, 3.8) is 0 Å². The van der Waals surface area contributed by atoms with Gasteiger partial charge in [-0.2, -0.15) is 11.3 Å². The Morgan fingerprint density at radius 3 is 3.10 bits per heavy atom. The summed E-state index contributed by atoms with van der Waals surface area (Å²) in [5, 5.41) is 14.7. The highest BCUT2D eigenvalue weighted by Gasteiger charge is 2.19. The van der Waals surface area contributed by atoms with E-state index < -0.39 is 0 Å². The normalized spacial score (nSPS) is 15.4. The van der Waals surface area contributed by atoms with E-state index in [1.165, 1.54) is 0 Å². The van der Waals surface area contributed by atoms with Gasteiger partial charge in [0.2, 0.25) is 0 Å². The molecule has 1 fully saturated rings. The summed E-state index contributed by atoms with van der Waals surface area (Å²) in [6.07, 6.45) is 5.75. The Balaban J connectivity index is 1.49. The molecule has 106 valence electrons. The lowest BCUT2D eigenvalue weighted by Crippen LogP contribution is -2.27. The molecular weight excluding hydrogens is 276 g/mol. The molecule has 0 aromatic carbocycles. The smallest absolute Gasteiger partial charge is 0.407 e. The molecule has 3 rings (SSSR count). The maximum absolute atomic E-state index is 11.6. The first-order valence-corrected chi connectivity index (χ1v) is 7.64. The molecule has 2 aromatic heterocycles. The Labute approximate surface area is 120 Å². The number of rotatable bonds is 4. The van der Waals surface area contributed by atoms with Gasteiger partial charge in [0.1, 0.15) is 11.8 Å². The molecule has 0 aliphatic heterocycles. The van der Waals surface area contributed by atoms with E-state index in [0.717, 1.165) is 31.4 Å². The monoisotopic (exact) mass is 292 g/mol. The average Bonchev–Trinajstić information content (AvgIpc) is 3.18. The summed E-state index contributed by atoms with van der Waals surface area (Å²) in [5.41, 5.74) is 1.68. The highest BCUT2D eigenvalue weighted by atomic mass is 32.1. The van der Waals surface area contributed by atoms with Gasteiger partial charge in [0.25, 0.3) is 0 Å². The van der Waals surface area contributed by atoms with Gasteiger partial charge in [0, 0.05) is 5.38 Å². The molecule has 1 aliphatic rings. The molecule has 6 nitrogen and oxygen atoms in total. The summed E-state index contributed by atoms with van der Waals surface area (Å²) in [6, 6.07) is 1.96. The third-order valence-electron chi connectivity index (χ3n) is 3.30. The van der Waals surface area contributed by atoms with Gasteiger partial charge in [-0.25, -0.2) is 9.48 Å². The maximum atomic E-state index is 11.6. The van der Waals surface area contributed by atoms with Crippen LogP contribution in [0.25, 0.3) is 5.69 Å². The lowest BCUT2D eigenvalue weighted by Gasteiger charge is -2.11. The highest BCUT2D eigenvalue weighted by Crippen LogP contribution is 2.20. The van der Waals surface area contributed by atoms with Gasteiger partial charge in [-0.3, -0.25) is 0 Å². The van der Waals surface area contributed by atoms with Crippen molar-refractivity contribution in [3.05, 3.63) is 28.7 Å². The number of hydrogen-bond donors (Lipinski definition) is 1. The standard InChI is InChI=1S/C13H16N4O2S/c18-13(19-12-3-1-2-4-12)14-7-10-8-17(16-15-10)11-5-6-20-9-11/h5-6,8-9,12H,1-4,7H2,(H,14,18). The molecule has 1 amide bonds. The molecule has 0 bridgehead atoms. The summed E-state index contributed by atoms with van der Waals surface area (Å²) >= 11 is 1.60. The number of thiophene rings is 1. The summed E-state index contributed by atoms with van der Waals surface area (Å²) in [4.78, 5) is 11.6. The second-order valence-electron chi connectivity index (χ2n) is 4.80. The molecule has 1 saturated carbocycles. The lowest BCUT2D eigenvalue weighted by molar-refractivity contribution is 0.100. The van der Waals surface area contributed by atoms with Gasteiger partial charge < -0.3 is 10.1 Å². The van der Waals surface area contributed by atoms with Crippen LogP contribution in [-0.4, -0.2) is 27.2 Å². The van der Waals surface area contributed by atoms with Crippen LogP contribution < -0.4 is 5.32 Å². The number of alkyl carbamates (subject to hydrolysis) is 1. The minimum atomic E-state index is -0.373. The van der Waals surface area contributed by atoms with Crippen LogP contribution >= 0.6 is 11.3 Å². The third-order valence-corrected chi connectivity index (χ3v) is 3.97. The number of carbonyl (C=O) groups is 1. The van der Waals surface area contributed by atoms with E-state index in [-0.39, 0.29) is 12.2 Å². The van der Waals surface area contributed by atoms with Crippen molar-refractivity contribution in [1.82, 2.24) is 20.3 Å². The minimum Gasteiger partial charge on any atom is -0.446 e. The van der Waals surface area contributed by atoms with Crippen molar-refractivity contribution in [2.45, 2.75) is 38.3 Å². The van der Waals surface area contributed by atoms with Gasteiger partial charge in [-0.05, 0) is 37.1 Å². The van der Waals surface area contributed by atoms with E-state index in [0.29, 0.717) is 12.2 Å². The van der Waals surface area contributed by atoms with E-state index in [1.807, 2.05) is 16.8 Å². The van der Waals surface area contributed by atoms with Crippen LogP contribution in [0.2, 0.25) is 0 Å². The van der Waals surface area contributed by atoms with Crippen molar-refractivity contribution >= 4 is 17.4 Å². The molecule has 0 unspecified atom stereocenters. The van der Waals surface area contributed by atoms with Gasteiger partial charge >= 0.3 is 6.09 Å². The van der Waals surface area contributed by atoms with Crippen LogP contribution in [0, 0.1) is 0 Å². The molecule has 0 saturated heterocycles. The molecule has 0 spiro atoms. The second-order valence-corrected chi connectivity index (χ2v) is 5.58. The lowest BCUT2D eigenvalue weighted by atomic mass is 10.3. The third kappa shape index (κ3) is 3.16. The summed E-state index contributed by atoms with van der Waals surface area (Å²) in [5.74, 6) is 0. The number of aromatic nitrogens is 3. The van der Waals surface area contributed by atoms with Crippen molar-refractivity contribution in [3.8, 4) is 5.69 Å². The van der Waals surface area contributed by atoms with Crippen LogP contribution in [-0.2, 0) is 11.3 Å². The number of hydrogen-bond acceptors (Lipinski definition) is 5. The first kappa shape index (κ1) is 13.1. The molecule has 0 radical (unpaired) electrons. The molecule has 0 atom stereocenters. The van der Waals surface area contributed by atoms with Crippen LogP contribution in [0.15, 0.2) is 23.0 Å². The molecule has 2 aromatic rings. The molecule has 1 N–H and O–H groups in total. The number of ether oxygens (including phenoxy) is 1. The van der Waals surface area contributed by atoms with Crippen molar-refractivity contribution < 1.29 is 9.53 Å². The molecule has 2 heterocycles. The molecular formula is C13H16N4O2S. The fraction of sp³-hybridized carbons (Fsp3) is 0.462. The summed E-state index contributed by atoms with van der Waals surface area (Å²) < 4.78 is 7.00. The first-order valence-electron chi connectivity index (χ1n) is 6.69. The van der Waals surface area contributed by atoms with Crippen molar-refractivity contribution in [2.24, 2.45) is 0 Å². The number of carbonyl (C=O) groups excluding carboxylic acids is 1. The van der Waals surface area contributed by atoms with Crippen LogP contribution in [0.3, 0.4) is 0 Å². The van der Waals surface area contributed by atoms with E-state index in [4.69, 9.17) is 4.74 Å². The Morgan fingerprint density at radius 2 is 2.35 bits per heavy atom. The minimum absolute atomic E-state index is 0.0801. The van der Waals surface area contributed by atoms with E-state index in [1.54, 1.807) is 22.2 Å². The van der Waals surface area contributed by atoms with Crippen molar-refractivity contribution in [1.29, 1.82) is 0 Å². The fourth-order valence-electron chi connectivity index (χ4n) is 2.26. The van der Waals surface area contributed by atoms with E-state index >= 15 is 0 Å². The van der Waals surface area contributed by atoms with Crippen LogP contribution in [0.5, 0.6) is 0 Å². The predicted molar refractivity (Wildman–Crippen MR) is 74.8 cm³/mol. The zero-order valence-corrected chi connectivity index (χ0v) is 11.8. The highest BCUT2D eigenvalue weighted by molar-refractivity contribution is 7.08. The number of amides is 1. The van der Waals surface area contributed by atoms with Gasteiger partial charge in [-0.15, -0.1) is 5.10 Å². The SMILES string of the molecule is O=C(NCc1cn(-c2ccsc2)nn1)OC1CCCC1. The topological polar surface area (TPSA) is 69.0 Å². The zero-order chi connectivity index (χ0) is 13.8. The molecule has 7 heteroatoms. The van der Waals surface area contributed by atoms with Crippen molar-refractivity contribution in [2.75, 3.05) is 0 Å². The fourth-order valence-corrected chi connectivity index (χ4v) is 2.88. The van der Waals surface area contributed by atoms with Crippen LogP contribution in [0.1, 0.15) is 31.4 Å². The van der Waals surface area contributed by atoms with Gasteiger partial charge in [-0.1, -0.05) is 5.21 Å². The van der Waals surface area contributed by atoms with Gasteiger partial charge in [0.05, 0.1) is 18.4 Å². The number of nitrogens with one attached hydrogen (secondary N) is 1. The summed E-state index contributed by atoms with van der Waals surface area (Å²) in [6.45, 7) is 0.329. The Morgan fingerprint density at radius 1 is 1.50 bits per heavy atom. The summed E-state index contributed by atoms with van der Waals surface area (Å²) in [7, 11) is 0. The Bertz CT molecular complexity index is 561. The molecule has 1 aliphatic carbocycles. The van der Waals surface area contributed by atoms with Crippen LogP contribution in [0.4, 0.5) is 4.79 Å². The first-order chi connectivity index (χ1) is 9.81. The maximum Gasteiger partial charge on any atom is 0.407 e. The Kier molecular flexibility index (Phi) is 3.96. The Hall–Kier alpha value is -1.89. The average molecular weight is 292 g/mol. The quantitative estimate of drug-likeness (QED) is 0.940. The predicted octanol–water partition coefficient (Wildman–Crippen LogP) is 2.50.